The summed E-state index contributed by atoms with van der Waals surface area (Å²) in [7, 11) is 0. The van der Waals surface area contributed by atoms with E-state index >= 15 is 0 Å². The van der Waals surface area contributed by atoms with E-state index in [2.05, 4.69) is 37.9 Å². The molecule has 0 aromatic heterocycles. The highest BCUT2D eigenvalue weighted by atomic mass is 16.2. The fraction of sp³-hybridized carbons (Fsp3) is 0.562. The summed E-state index contributed by atoms with van der Waals surface area (Å²) in [4.78, 5) is 14.4. The summed E-state index contributed by atoms with van der Waals surface area (Å²) in [5, 5.41) is 2.92. The normalized spacial score (nSPS) is 13.0. The maximum Gasteiger partial charge on any atom is 0.241 e. The quantitative estimate of drug-likeness (QED) is 0.800. The number of hydrogen-bond donors (Lipinski definition) is 2. The molecule has 0 fully saturated rings. The van der Waals surface area contributed by atoms with Gasteiger partial charge in [0, 0.05) is 25.2 Å². The summed E-state index contributed by atoms with van der Waals surface area (Å²) in [5.74, 6) is -0.122. The lowest BCUT2D eigenvalue weighted by Crippen LogP contribution is -2.44. The Balaban J connectivity index is 2.44. The summed E-state index contributed by atoms with van der Waals surface area (Å²) in [5.41, 5.74) is 6.79. The Morgan fingerprint density at radius 1 is 1.15 bits per heavy atom. The molecule has 0 aliphatic heterocycles. The van der Waals surface area contributed by atoms with Gasteiger partial charge in [-0.3, -0.25) is 9.69 Å². The van der Waals surface area contributed by atoms with Crippen molar-refractivity contribution in [3.63, 3.8) is 0 Å². The highest BCUT2D eigenvalue weighted by Gasteiger charge is 2.16. The van der Waals surface area contributed by atoms with Gasteiger partial charge in [0.15, 0.2) is 0 Å². The third-order valence-electron chi connectivity index (χ3n) is 3.44. The lowest BCUT2D eigenvalue weighted by molar-refractivity contribution is -0.122. The fourth-order valence-electron chi connectivity index (χ4n) is 2.34. The predicted molar refractivity (Wildman–Crippen MR) is 83.4 cm³/mol. The summed E-state index contributed by atoms with van der Waals surface area (Å²) in [6, 6.07) is 9.78. The summed E-state index contributed by atoms with van der Waals surface area (Å²) in [6.45, 7) is 10.1. The van der Waals surface area contributed by atoms with Gasteiger partial charge in [-0.15, -0.1) is 0 Å². The van der Waals surface area contributed by atoms with Gasteiger partial charge in [-0.1, -0.05) is 30.3 Å². The third kappa shape index (κ3) is 4.94. The van der Waals surface area contributed by atoms with Crippen LogP contribution in [-0.2, 0) is 4.79 Å². The Morgan fingerprint density at radius 2 is 1.70 bits per heavy atom. The number of hydrogen-bond acceptors (Lipinski definition) is 3. The van der Waals surface area contributed by atoms with Gasteiger partial charge in [0.25, 0.3) is 0 Å². The SMILES string of the molecule is CC(C)N(CCNC(=O)C(N)c1ccccc1)C(C)C. The van der Waals surface area contributed by atoms with Gasteiger partial charge in [0.05, 0.1) is 0 Å². The molecule has 1 rings (SSSR count). The van der Waals surface area contributed by atoms with E-state index < -0.39 is 6.04 Å². The molecule has 1 unspecified atom stereocenters. The van der Waals surface area contributed by atoms with Gasteiger partial charge in [-0.25, -0.2) is 0 Å². The first-order valence-electron chi connectivity index (χ1n) is 7.27. The van der Waals surface area contributed by atoms with Crippen molar-refractivity contribution < 1.29 is 4.79 Å². The van der Waals surface area contributed by atoms with Crippen LogP contribution in [0.5, 0.6) is 0 Å². The van der Waals surface area contributed by atoms with Crippen molar-refractivity contribution in [1.82, 2.24) is 10.2 Å². The number of carbonyl (C=O) groups is 1. The molecule has 0 heterocycles. The van der Waals surface area contributed by atoms with Crippen LogP contribution >= 0.6 is 0 Å². The zero-order valence-electron chi connectivity index (χ0n) is 13.0. The Labute approximate surface area is 122 Å². The third-order valence-corrected chi connectivity index (χ3v) is 3.44. The number of nitrogens with one attached hydrogen (secondary N) is 1. The van der Waals surface area contributed by atoms with Crippen LogP contribution in [0.15, 0.2) is 30.3 Å². The molecule has 0 spiro atoms. The molecule has 112 valence electrons. The van der Waals surface area contributed by atoms with Crippen molar-refractivity contribution in [2.45, 2.75) is 45.8 Å². The molecule has 1 aromatic carbocycles. The van der Waals surface area contributed by atoms with Crippen molar-refractivity contribution in [3.05, 3.63) is 35.9 Å². The monoisotopic (exact) mass is 277 g/mol. The van der Waals surface area contributed by atoms with Gasteiger partial charge in [-0.2, -0.15) is 0 Å². The second kappa shape index (κ2) is 8.02. The van der Waals surface area contributed by atoms with Gasteiger partial charge in [0.2, 0.25) is 5.91 Å². The number of amides is 1. The first-order valence-corrected chi connectivity index (χ1v) is 7.27. The minimum Gasteiger partial charge on any atom is -0.353 e. The maximum atomic E-state index is 12.0. The molecule has 0 saturated carbocycles. The zero-order valence-corrected chi connectivity index (χ0v) is 13.0. The second-order valence-corrected chi connectivity index (χ2v) is 5.60. The average Bonchev–Trinajstić information content (AvgIpc) is 2.42. The summed E-state index contributed by atoms with van der Waals surface area (Å²) in [6.07, 6.45) is 0. The molecule has 1 amide bonds. The van der Waals surface area contributed by atoms with E-state index in [1.807, 2.05) is 30.3 Å². The van der Waals surface area contributed by atoms with Crippen LogP contribution in [-0.4, -0.2) is 36.0 Å². The van der Waals surface area contributed by atoms with E-state index in [1.54, 1.807) is 0 Å². The molecule has 0 bridgehead atoms. The van der Waals surface area contributed by atoms with Gasteiger partial charge in [-0.05, 0) is 33.3 Å². The first-order chi connectivity index (χ1) is 9.43. The van der Waals surface area contributed by atoms with Crippen LogP contribution in [0.1, 0.15) is 39.3 Å². The van der Waals surface area contributed by atoms with Gasteiger partial charge >= 0.3 is 0 Å². The van der Waals surface area contributed by atoms with Gasteiger partial charge < -0.3 is 11.1 Å². The van der Waals surface area contributed by atoms with E-state index in [0.29, 0.717) is 18.6 Å². The van der Waals surface area contributed by atoms with Crippen LogP contribution in [0.4, 0.5) is 0 Å². The fourth-order valence-corrected chi connectivity index (χ4v) is 2.34. The van der Waals surface area contributed by atoms with Crippen molar-refractivity contribution in [3.8, 4) is 0 Å². The molecule has 1 atom stereocenters. The maximum absolute atomic E-state index is 12.0. The molecule has 0 aliphatic carbocycles. The van der Waals surface area contributed by atoms with E-state index in [1.165, 1.54) is 0 Å². The van der Waals surface area contributed by atoms with E-state index in [-0.39, 0.29) is 5.91 Å². The lowest BCUT2D eigenvalue weighted by Gasteiger charge is -2.30. The smallest absolute Gasteiger partial charge is 0.241 e. The van der Waals surface area contributed by atoms with Crippen LogP contribution in [0.2, 0.25) is 0 Å². The molecule has 1 aromatic rings. The largest absolute Gasteiger partial charge is 0.353 e. The highest BCUT2D eigenvalue weighted by molar-refractivity contribution is 5.82. The summed E-state index contributed by atoms with van der Waals surface area (Å²) < 4.78 is 0. The molecule has 4 heteroatoms. The number of rotatable bonds is 7. The molecule has 3 N–H and O–H groups in total. The van der Waals surface area contributed by atoms with Gasteiger partial charge in [0.1, 0.15) is 6.04 Å². The standard InChI is InChI=1S/C16H27N3O/c1-12(2)19(13(3)4)11-10-18-16(20)15(17)14-8-6-5-7-9-14/h5-9,12-13,15H,10-11,17H2,1-4H3,(H,18,20). The lowest BCUT2D eigenvalue weighted by atomic mass is 10.1. The summed E-state index contributed by atoms with van der Waals surface area (Å²) >= 11 is 0. The number of carbonyl (C=O) groups excluding carboxylic acids is 1. The molecule has 20 heavy (non-hydrogen) atoms. The number of nitrogens with zero attached hydrogens (tertiary/aromatic N) is 1. The Bertz CT molecular complexity index is 395. The Hall–Kier alpha value is -1.39. The molecule has 0 radical (unpaired) electrons. The zero-order chi connectivity index (χ0) is 15.1. The van der Waals surface area contributed by atoms with Crippen molar-refractivity contribution in [2.75, 3.05) is 13.1 Å². The molecular formula is C16H27N3O. The molecule has 0 aliphatic rings. The van der Waals surface area contributed by atoms with Crippen molar-refractivity contribution in [2.24, 2.45) is 5.73 Å². The topological polar surface area (TPSA) is 58.4 Å². The minimum absolute atomic E-state index is 0.122. The van der Waals surface area contributed by atoms with E-state index in [9.17, 15) is 4.79 Å². The molecule has 0 saturated heterocycles. The van der Waals surface area contributed by atoms with Crippen LogP contribution < -0.4 is 11.1 Å². The van der Waals surface area contributed by atoms with Crippen LogP contribution in [0.25, 0.3) is 0 Å². The second-order valence-electron chi connectivity index (χ2n) is 5.60. The minimum atomic E-state index is -0.595. The average molecular weight is 277 g/mol. The van der Waals surface area contributed by atoms with E-state index in [0.717, 1.165) is 12.1 Å². The van der Waals surface area contributed by atoms with E-state index in [4.69, 9.17) is 5.73 Å². The molecular weight excluding hydrogens is 250 g/mol. The predicted octanol–water partition coefficient (Wildman–Crippen LogP) is 1.92. The first kappa shape index (κ1) is 16.7. The number of nitrogens with two attached hydrogens (primary N) is 1. The van der Waals surface area contributed by atoms with Crippen LogP contribution in [0, 0.1) is 0 Å². The van der Waals surface area contributed by atoms with Crippen molar-refractivity contribution >= 4 is 5.91 Å². The Kier molecular flexibility index (Phi) is 6.68. The molecule has 4 nitrogen and oxygen atoms in total. The van der Waals surface area contributed by atoms with Crippen molar-refractivity contribution in [1.29, 1.82) is 0 Å². The Morgan fingerprint density at radius 3 is 2.20 bits per heavy atom. The number of benzene rings is 1. The van der Waals surface area contributed by atoms with Crippen LogP contribution in [0.3, 0.4) is 0 Å². The highest BCUT2D eigenvalue weighted by Crippen LogP contribution is 2.09.